The average Bonchev–Trinajstić information content (AvgIpc) is 3.09. The molecule has 0 radical (unpaired) electrons. The number of carbonyl (C=O) groups is 2. The molecule has 0 spiro atoms. The fourth-order valence-corrected chi connectivity index (χ4v) is 9.32. The van der Waals surface area contributed by atoms with Gasteiger partial charge in [-0.1, -0.05) is 53.2 Å². The Balaban J connectivity index is 1.44. The number of carbonyl (C=O) groups excluding carboxylic acids is 2. The van der Waals surface area contributed by atoms with Crippen LogP contribution in [0.5, 0.6) is 5.75 Å². The smallest absolute Gasteiger partial charge is 0.136 e. The van der Waals surface area contributed by atoms with Gasteiger partial charge in [0.1, 0.15) is 17.3 Å². The molecule has 1 aromatic carbocycles. The lowest BCUT2D eigenvalue weighted by Crippen LogP contribution is -2.54. The Labute approximate surface area is 244 Å². The first kappa shape index (κ1) is 31.3. The van der Waals surface area contributed by atoms with Crippen LogP contribution in [0.2, 0.25) is 0 Å². The molecule has 3 aliphatic carbocycles. The van der Waals surface area contributed by atoms with Crippen molar-refractivity contribution in [3.8, 4) is 5.75 Å². The Hall–Kier alpha value is -1.68. The zero-order chi connectivity index (χ0) is 28.9. The Morgan fingerprint density at radius 2 is 1.90 bits per heavy atom. The summed E-state index contributed by atoms with van der Waals surface area (Å²) in [7, 11) is 0. The van der Waals surface area contributed by atoms with Crippen molar-refractivity contribution < 1.29 is 14.3 Å². The number of Topliss-reactive ketones (excluding diaryl/α,β-unsaturated/α-hetero) is 2. The van der Waals surface area contributed by atoms with Gasteiger partial charge < -0.3 is 10.1 Å². The average molecular weight is 552 g/mol. The van der Waals surface area contributed by atoms with E-state index in [1.54, 1.807) is 0 Å². The number of rotatable bonds is 12. The van der Waals surface area contributed by atoms with Crippen molar-refractivity contribution >= 4 is 11.6 Å². The van der Waals surface area contributed by atoms with E-state index in [1.807, 2.05) is 6.92 Å². The van der Waals surface area contributed by atoms with Gasteiger partial charge in [0.15, 0.2) is 0 Å². The first-order valence-corrected chi connectivity index (χ1v) is 16.7. The number of hydrogen-bond acceptors (Lipinski definition) is 4. The molecule has 0 saturated heterocycles. The Morgan fingerprint density at radius 1 is 1.12 bits per heavy atom. The Morgan fingerprint density at radius 3 is 2.60 bits per heavy atom. The van der Waals surface area contributed by atoms with Gasteiger partial charge in [0.05, 0.1) is 6.61 Å². The molecular weight excluding hydrogens is 494 g/mol. The van der Waals surface area contributed by atoms with E-state index in [9.17, 15) is 9.59 Å². The molecular formula is C36H57NO3. The lowest BCUT2D eigenvalue weighted by molar-refractivity contribution is -0.147. The predicted octanol–water partition coefficient (Wildman–Crippen LogP) is 8.87. The monoisotopic (exact) mass is 551 g/mol. The van der Waals surface area contributed by atoms with E-state index in [0.29, 0.717) is 53.9 Å². The van der Waals surface area contributed by atoms with Crippen LogP contribution in [0.15, 0.2) is 24.3 Å². The maximum atomic E-state index is 13.4. The minimum absolute atomic E-state index is 0.251. The van der Waals surface area contributed by atoms with Gasteiger partial charge in [0.2, 0.25) is 0 Å². The summed E-state index contributed by atoms with van der Waals surface area (Å²) in [5.74, 6) is 3.83. The lowest BCUT2D eigenvalue weighted by Gasteiger charge is -2.59. The molecule has 4 rings (SSSR count). The molecule has 3 aliphatic rings. The van der Waals surface area contributed by atoms with Crippen molar-refractivity contribution in [3.63, 3.8) is 0 Å². The van der Waals surface area contributed by atoms with Crippen molar-refractivity contribution in [1.82, 2.24) is 5.32 Å². The molecule has 224 valence electrons. The Bertz CT molecular complexity index is 1000. The molecule has 0 aromatic heterocycles. The normalized spacial score (nSPS) is 33.1. The van der Waals surface area contributed by atoms with Crippen molar-refractivity contribution in [2.24, 2.45) is 34.5 Å². The van der Waals surface area contributed by atoms with Crippen LogP contribution in [0, 0.1) is 34.5 Å². The zero-order valence-electron chi connectivity index (χ0n) is 26.4. The maximum Gasteiger partial charge on any atom is 0.136 e. The van der Waals surface area contributed by atoms with E-state index >= 15 is 0 Å². The van der Waals surface area contributed by atoms with E-state index in [-0.39, 0.29) is 10.8 Å². The van der Waals surface area contributed by atoms with E-state index in [1.165, 1.54) is 18.4 Å². The summed E-state index contributed by atoms with van der Waals surface area (Å²) in [6.07, 6.45) is 13.5. The van der Waals surface area contributed by atoms with Crippen LogP contribution in [0.1, 0.15) is 137 Å². The molecule has 3 saturated carbocycles. The molecule has 7 atom stereocenters. The zero-order valence-corrected chi connectivity index (χ0v) is 26.4. The van der Waals surface area contributed by atoms with Crippen LogP contribution >= 0.6 is 0 Å². The lowest BCUT2D eigenvalue weighted by atomic mass is 9.45. The van der Waals surface area contributed by atoms with Gasteiger partial charge in [-0.15, -0.1) is 0 Å². The summed E-state index contributed by atoms with van der Waals surface area (Å²) < 4.78 is 6.41. The van der Waals surface area contributed by atoms with Crippen LogP contribution in [-0.4, -0.2) is 24.2 Å². The molecule has 4 nitrogen and oxygen atoms in total. The van der Waals surface area contributed by atoms with Crippen molar-refractivity contribution in [2.45, 2.75) is 137 Å². The van der Waals surface area contributed by atoms with E-state index in [0.717, 1.165) is 76.4 Å². The molecule has 0 bridgehead atoms. The minimum atomic E-state index is -0.301. The van der Waals surface area contributed by atoms with Gasteiger partial charge in [-0.3, -0.25) is 9.59 Å². The van der Waals surface area contributed by atoms with Crippen LogP contribution < -0.4 is 10.1 Å². The summed E-state index contributed by atoms with van der Waals surface area (Å²) in [5.41, 5.74) is 1.25. The Kier molecular flexibility index (Phi) is 10.6. The summed E-state index contributed by atoms with van der Waals surface area (Å²) >= 11 is 0. The molecule has 4 heteroatoms. The van der Waals surface area contributed by atoms with Gasteiger partial charge >= 0.3 is 0 Å². The van der Waals surface area contributed by atoms with Crippen molar-refractivity contribution in [3.05, 3.63) is 29.8 Å². The molecule has 40 heavy (non-hydrogen) atoms. The quantitative estimate of drug-likeness (QED) is 0.282. The second kappa shape index (κ2) is 13.5. The highest BCUT2D eigenvalue weighted by molar-refractivity contribution is 5.83. The second-order valence-electron chi connectivity index (χ2n) is 13.9. The molecule has 1 aromatic rings. The summed E-state index contributed by atoms with van der Waals surface area (Å²) in [5, 5.41) is 3.87. The highest BCUT2D eigenvalue weighted by Crippen LogP contribution is 2.63. The molecule has 0 heterocycles. The van der Waals surface area contributed by atoms with E-state index in [4.69, 9.17) is 4.74 Å². The summed E-state index contributed by atoms with van der Waals surface area (Å²) in [6, 6.07) is 9.50. The molecule has 1 N–H and O–H groups in total. The summed E-state index contributed by atoms with van der Waals surface area (Å²) in [6.45, 7) is 14.0. The van der Waals surface area contributed by atoms with Gasteiger partial charge in [-0.2, -0.15) is 0 Å². The number of fused-ring (bicyclic) bond motifs is 3. The second-order valence-corrected chi connectivity index (χ2v) is 13.9. The third-order valence-corrected chi connectivity index (χ3v) is 12.0. The van der Waals surface area contributed by atoms with Crippen molar-refractivity contribution in [1.29, 1.82) is 0 Å². The van der Waals surface area contributed by atoms with E-state index in [2.05, 4.69) is 64.2 Å². The van der Waals surface area contributed by atoms with Gasteiger partial charge in [0, 0.05) is 30.3 Å². The highest BCUT2D eigenvalue weighted by Gasteiger charge is 2.57. The molecule has 3 fully saturated rings. The van der Waals surface area contributed by atoms with Gasteiger partial charge in [0.25, 0.3) is 0 Å². The fourth-order valence-electron chi connectivity index (χ4n) is 9.32. The standard InChI is InChI=1S/C36H57NO3/c1-7-12-34(37-29(8-2)9-3)27-13-10-15-31(23-27)40-22-21-36(26(5)38)20-18-33-32(25(36)4)17-16-28-24-30(39)14-11-19-35(28,33)6/h10,13,15,23,25,28-29,32-34,37H,7-9,11-12,14,16-22,24H2,1-6H3. The number of benzene rings is 1. The van der Waals surface area contributed by atoms with Crippen LogP contribution in [0.25, 0.3) is 0 Å². The molecule has 0 aliphatic heterocycles. The number of nitrogens with one attached hydrogen (secondary N) is 1. The summed E-state index contributed by atoms with van der Waals surface area (Å²) in [4.78, 5) is 25.8. The largest absolute Gasteiger partial charge is 0.494 e. The fraction of sp³-hybridized carbons (Fsp3) is 0.778. The minimum Gasteiger partial charge on any atom is -0.494 e. The van der Waals surface area contributed by atoms with Crippen LogP contribution in [0.4, 0.5) is 0 Å². The molecule has 0 amide bonds. The molecule has 7 unspecified atom stereocenters. The topological polar surface area (TPSA) is 55.4 Å². The third kappa shape index (κ3) is 6.37. The maximum absolute atomic E-state index is 13.4. The highest BCUT2D eigenvalue weighted by atomic mass is 16.5. The predicted molar refractivity (Wildman–Crippen MR) is 165 cm³/mol. The third-order valence-electron chi connectivity index (χ3n) is 12.0. The first-order chi connectivity index (χ1) is 19.2. The SMILES string of the molecule is CCCC(NC(CC)CC)c1cccc(OCCC2(C(C)=O)CCC3C(CCC4CC(=O)CCCC43C)C2C)c1. The van der Waals surface area contributed by atoms with E-state index < -0.39 is 0 Å². The number of ketones is 2. The van der Waals surface area contributed by atoms with Gasteiger partial charge in [-0.05, 0) is 118 Å². The van der Waals surface area contributed by atoms with Crippen molar-refractivity contribution in [2.75, 3.05) is 6.61 Å². The van der Waals surface area contributed by atoms with Gasteiger partial charge in [-0.25, -0.2) is 0 Å². The first-order valence-electron chi connectivity index (χ1n) is 16.7. The van der Waals surface area contributed by atoms with Crippen LogP contribution in [-0.2, 0) is 9.59 Å². The number of hydrogen-bond donors (Lipinski definition) is 1. The number of ether oxygens (including phenoxy) is 1. The van der Waals surface area contributed by atoms with Crippen LogP contribution in [0.3, 0.4) is 0 Å².